The third-order valence-electron chi connectivity index (χ3n) is 3.60. The molecule has 0 heterocycles. The zero-order valence-electron chi connectivity index (χ0n) is 13.4. The fraction of sp³-hybridized carbons (Fsp3) is 0.222. The van der Waals surface area contributed by atoms with E-state index in [0.29, 0.717) is 22.3 Å². The molecule has 24 heavy (non-hydrogen) atoms. The maximum absolute atomic E-state index is 12.4. The minimum Gasteiger partial charge on any atom is -0.351 e. The zero-order valence-corrected chi connectivity index (χ0v) is 14.9. The predicted octanol–water partition coefficient (Wildman–Crippen LogP) is 4.27. The van der Waals surface area contributed by atoms with Gasteiger partial charge < -0.3 is 10.6 Å². The largest absolute Gasteiger partial charge is 0.351 e. The number of hydrogen-bond donors (Lipinski definition) is 2. The second kappa shape index (κ2) is 7.69. The van der Waals surface area contributed by atoms with Crippen LogP contribution >= 0.6 is 23.2 Å². The predicted molar refractivity (Wildman–Crippen MR) is 97.2 cm³/mol. The number of anilines is 1. The van der Waals surface area contributed by atoms with E-state index in [4.69, 9.17) is 23.2 Å². The first-order valence-corrected chi connectivity index (χ1v) is 8.14. The summed E-state index contributed by atoms with van der Waals surface area (Å²) in [5.74, 6) is -0.748. The van der Waals surface area contributed by atoms with Gasteiger partial charge in [0.15, 0.2) is 0 Å². The van der Waals surface area contributed by atoms with Gasteiger partial charge in [0, 0.05) is 22.3 Å². The summed E-state index contributed by atoms with van der Waals surface area (Å²) < 4.78 is 0. The molecule has 0 aliphatic rings. The molecule has 0 radical (unpaired) electrons. The van der Waals surface area contributed by atoms with Crippen molar-refractivity contribution in [3.63, 3.8) is 0 Å². The molecule has 4 nitrogen and oxygen atoms in total. The van der Waals surface area contributed by atoms with Gasteiger partial charge in [-0.05, 0) is 55.8 Å². The molecule has 0 fully saturated rings. The Labute approximate surface area is 151 Å². The first-order valence-electron chi connectivity index (χ1n) is 7.39. The molecule has 2 aromatic rings. The van der Waals surface area contributed by atoms with Crippen molar-refractivity contribution in [2.75, 3.05) is 5.32 Å². The van der Waals surface area contributed by atoms with Gasteiger partial charge in [0.2, 0.25) is 11.8 Å². The Morgan fingerprint density at radius 3 is 1.92 bits per heavy atom. The minimum absolute atomic E-state index is 0.327. The fourth-order valence-electron chi connectivity index (χ4n) is 1.93. The Kier molecular flexibility index (Phi) is 5.86. The zero-order chi connectivity index (χ0) is 17.7. The number of nitrogens with one attached hydrogen (secondary N) is 2. The average molecular weight is 365 g/mol. The fourth-order valence-corrected chi connectivity index (χ4v) is 2.18. The van der Waals surface area contributed by atoms with E-state index in [0.717, 1.165) is 5.56 Å². The van der Waals surface area contributed by atoms with E-state index < -0.39 is 11.3 Å². The Bertz CT molecular complexity index is 726. The second-order valence-corrected chi connectivity index (χ2v) is 6.77. The lowest BCUT2D eigenvalue weighted by Crippen LogP contribution is -2.44. The van der Waals surface area contributed by atoms with Crippen LogP contribution in [0.1, 0.15) is 19.4 Å². The van der Waals surface area contributed by atoms with Gasteiger partial charge in [-0.3, -0.25) is 9.59 Å². The van der Waals surface area contributed by atoms with Crippen LogP contribution < -0.4 is 10.6 Å². The molecule has 0 saturated carbocycles. The molecular formula is C18H18Cl2N2O2. The van der Waals surface area contributed by atoms with E-state index in [2.05, 4.69) is 10.6 Å². The second-order valence-electron chi connectivity index (χ2n) is 5.90. The van der Waals surface area contributed by atoms with Crippen LogP contribution in [0.5, 0.6) is 0 Å². The smallest absolute Gasteiger partial charge is 0.239 e. The number of halogens is 2. The summed E-state index contributed by atoms with van der Waals surface area (Å²) in [4.78, 5) is 24.8. The third kappa shape index (κ3) is 4.73. The van der Waals surface area contributed by atoms with Crippen molar-refractivity contribution in [2.45, 2.75) is 20.4 Å². The quantitative estimate of drug-likeness (QED) is 0.778. The lowest BCUT2D eigenvalue weighted by molar-refractivity contribution is -0.138. The molecule has 0 spiro atoms. The first kappa shape index (κ1) is 18.3. The monoisotopic (exact) mass is 364 g/mol. The Morgan fingerprint density at radius 1 is 0.875 bits per heavy atom. The number of benzene rings is 2. The van der Waals surface area contributed by atoms with E-state index >= 15 is 0 Å². The van der Waals surface area contributed by atoms with Gasteiger partial charge in [-0.25, -0.2) is 0 Å². The summed E-state index contributed by atoms with van der Waals surface area (Å²) >= 11 is 11.6. The van der Waals surface area contributed by atoms with Crippen LogP contribution in [0.4, 0.5) is 5.69 Å². The van der Waals surface area contributed by atoms with Gasteiger partial charge >= 0.3 is 0 Å². The summed E-state index contributed by atoms with van der Waals surface area (Å²) in [6.45, 7) is 3.48. The van der Waals surface area contributed by atoms with E-state index in [1.165, 1.54) is 0 Å². The highest BCUT2D eigenvalue weighted by Gasteiger charge is 2.35. The Morgan fingerprint density at radius 2 is 1.38 bits per heavy atom. The van der Waals surface area contributed by atoms with Gasteiger partial charge in [0.1, 0.15) is 5.41 Å². The maximum atomic E-state index is 12.4. The first-order chi connectivity index (χ1) is 11.3. The molecule has 2 N–H and O–H groups in total. The molecule has 0 aliphatic carbocycles. The highest BCUT2D eigenvalue weighted by molar-refractivity contribution is 6.30. The highest BCUT2D eigenvalue weighted by Crippen LogP contribution is 2.20. The standard InChI is InChI=1S/C18H18Cl2N2O2/c1-18(2,17(24)22-15-9-7-14(20)8-10-15)16(23)21-11-12-3-5-13(19)6-4-12/h3-10H,11H2,1-2H3,(H,21,23)(H,22,24). The highest BCUT2D eigenvalue weighted by atomic mass is 35.5. The summed E-state index contributed by atoms with van der Waals surface area (Å²) in [7, 11) is 0. The van der Waals surface area contributed by atoms with Crippen LogP contribution in [0.3, 0.4) is 0 Å². The molecule has 0 bridgehead atoms. The van der Waals surface area contributed by atoms with E-state index in [1.54, 1.807) is 50.2 Å². The normalized spacial score (nSPS) is 11.0. The van der Waals surface area contributed by atoms with Crippen molar-refractivity contribution in [2.24, 2.45) is 5.41 Å². The van der Waals surface area contributed by atoms with Gasteiger partial charge in [-0.2, -0.15) is 0 Å². The Hall–Kier alpha value is -2.04. The lowest BCUT2D eigenvalue weighted by Gasteiger charge is -2.22. The van der Waals surface area contributed by atoms with E-state index in [9.17, 15) is 9.59 Å². The summed E-state index contributed by atoms with van der Waals surface area (Å²) in [6.07, 6.45) is 0. The SMILES string of the molecule is CC(C)(C(=O)NCc1ccc(Cl)cc1)C(=O)Nc1ccc(Cl)cc1. The molecule has 126 valence electrons. The maximum Gasteiger partial charge on any atom is 0.239 e. The summed E-state index contributed by atoms with van der Waals surface area (Å²) in [5.41, 5.74) is 0.274. The van der Waals surface area contributed by atoms with Crippen molar-refractivity contribution >= 4 is 40.7 Å². The van der Waals surface area contributed by atoms with Crippen LogP contribution in [-0.4, -0.2) is 11.8 Å². The van der Waals surface area contributed by atoms with Crippen LogP contribution in [0, 0.1) is 5.41 Å². The minimum atomic E-state index is -1.22. The number of carbonyl (C=O) groups excluding carboxylic acids is 2. The van der Waals surface area contributed by atoms with Crippen molar-refractivity contribution in [1.82, 2.24) is 5.32 Å². The number of hydrogen-bond acceptors (Lipinski definition) is 2. The van der Waals surface area contributed by atoms with Gasteiger partial charge in [0.05, 0.1) is 0 Å². The van der Waals surface area contributed by atoms with E-state index in [1.807, 2.05) is 12.1 Å². The molecule has 6 heteroatoms. The molecular weight excluding hydrogens is 347 g/mol. The van der Waals surface area contributed by atoms with Gasteiger partial charge in [0.25, 0.3) is 0 Å². The molecule has 0 unspecified atom stereocenters. The number of rotatable bonds is 5. The molecule has 0 saturated heterocycles. The molecule has 0 atom stereocenters. The number of amides is 2. The average Bonchev–Trinajstić information content (AvgIpc) is 2.56. The van der Waals surface area contributed by atoms with Gasteiger partial charge in [-0.15, -0.1) is 0 Å². The molecule has 0 aliphatic heterocycles. The van der Waals surface area contributed by atoms with Gasteiger partial charge in [-0.1, -0.05) is 35.3 Å². The molecule has 2 amide bonds. The topological polar surface area (TPSA) is 58.2 Å². The molecule has 2 aromatic carbocycles. The Balaban J connectivity index is 1.96. The summed E-state index contributed by atoms with van der Waals surface area (Å²) in [6, 6.07) is 13.9. The molecule has 0 aromatic heterocycles. The summed E-state index contributed by atoms with van der Waals surface area (Å²) in [5, 5.41) is 6.70. The van der Waals surface area contributed by atoms with Crippen molar-refractivity contribution in [1.29, 1.82) is 0 Å². The number of carbonyl (C=O) groups is 2. The molecule has 2 rings (SSSR count). The van der Waals surface area contributed by atoms with Crippen molar-refractivity contribution in [3.05, 3.63) is 64.1 Å². The van der Waals surface area contributed by atoms with E-state index in [-0.39, 0.29) is 5.91 Å². The van der Waals surface area contributed by atoms with Crippen LogP contribution in [0.15, 0.2) is 48.5 Å². The van der Waals surface area contributed by atoms with Crippen LogP contribution in [-0.2, 0) is 16.1 Å². The lowest BCUT2D eigenvalue weighted by atomic mass is 9.91. The third-order valence-corrected chi connectivity index (χ3v) is 4.11. The van der Waals surface area contributed by atoms with Crippen molar-refractivity contribution < 1.29 is 9.59 Å². The van der Waals surface area contributed by atoms with Crippen molar-refractivity contribution in [3.8, 4) is 0 Å². The van der Waals surface area contributed by atoms with Crippen LogP contribution in [0.25, 0.3) is 0 Å². The van der Waals surface area contributed by atoms with Crippen LogP contribution in [0.2, 0.25) is 10.0 Å².